The summed E-state index contributed by atoms with van der Waals surface area (Å²) in [7, 11) is 0. The highest BCUT2D eigenvalue weighted by Gasteiger charge is 2.10. The van der Waals surface area contributed by atoms with Crippen LogP contribution in [0.2, 0.25) is 0 Å². The number of aromatic nitrogens is 1. The summed E-state index contributed by atoms with van der Waals surface area (Å²) >= 11 is 3.06. The van der Waals surface area contributed by atoms with Gasteiger partial charge < -0.3 is 10.4 Å². The molecule has 1 amide bonds. The van der Waals surface area contributed by atoms with E-state index in [1.807, 2.05) is 38.1 Å². The number of carbonyl (C=O) groups excluding carboxylic acids is 1. The molecule has 1 aromatic carbocycles. The van der Waals surface area contributed by atoms with E-state index in [0.717, 1.165) is 14.6 Å². The van der Waals surface area contributed by atoms with Crippen molar-refractivity contribution in [2.24, 2.45) is 5.92 Å². The SMILES string of the molecule is CC(C)C(O)CCNC(=O)CSc1nc2ccccc2s1. The maximum Gasteiger partial charge on any atom is 0.230 e. The summed E-state index contributed by atoms with van der Waals surface area (Å²) in [5.41, 5.74) is 0.977. The number of aliphatic hydroxyl groups is 1. The lowest BCUT2D eigenvalue weighted by Crippen LogP contribution is -2.29. The largest absolute Gasteiger partial charge is 0.393 e. The molecule has 2 aromatic rings. The lowest BCUT2D eigenvalue weighted by atomic mass is 10.0. The molecule has 1 heterocycles. The predicted molar refractivity (Wildman–Crippen MR) is 88.8 cm³/mol. The molecule has 1 unspecified atom stereocenters. The van der Waals surface area contributed by atoms with Gasteiger partial charge in [0.2, 0.25) is 5.91 Å². The van der Waals surface area contributed by atoms with E-state index >= 15 is 0 Å². The number of benzene rings is 1. The summed E-state index contributed by atoms with van der Waals surface area (Å²) in [6.45, 7) is 4.45. The van der Waals surface area contributed by atoms with Gasteiger partial charge in [0.1, 0.15) is 0 Å². The summed E-state index contributed by atoms with van der Waals surface area (Å²) < 4.78 is 2.05. The third kappa shape index (κ3) is 4.98. The van der Waals surface area contributed by atoms with Crippen LogP contribution < -0.4 is 5.32 Å². The molecule has 0 aliphatic heterocycles. The van der Waals surface area contributed by atoms with Crippen LogP contribution in [0, 0.1) is 5.92 Å². The number of amides is 1. The molecule has 0 saturated heterocycles. The van der Waals surface area contributed by atoms with Gasteiger partial charge in [-0.25, -0.2) is 4.98 Å². The monoisotopic (exact) mass is 324 g/mol. The molecule has 114 valence electrons. The molecule has 2 rings (SSSR count). The van der Waals surface area contributed by atoms with Crippen LogP contribution in [0.4, 0.5) is 0 Å². The average molecular weight is 324 g/mol. The number of nitrogens with zero attached hydrogens (tertiary/aromatic N) is 1. The van der Waals surface area contributed by atoms with E-state index in [0.29, 0.717) is 18.7 Å². The number of aliphatic hydroxyl groups excluding tert-OH is 1. The molecule has 0 spiro atoms. The summed E-state index contributed by atoms with van der Waals surface area (Å²) in [5.74, 6) is 0.562. The van der Waals surface area contributed by atoms with Gasteiger partial charge >= 0.3 is 0 Å². The highest BCUT2D eigenvalue weighted by Crippen LogP contribution is 2.28. The predicted octanol–water partition coefficient (Wildman–Crippen LogP) is 2.91. The standard InChI is InChI=1S/C15H20N2O2S2/c1-10(2)12(18)7-8-16-14(19)9-20-15-17-11-5-3-4-6-13(11)21-15/h3-6,10,12,18H,7-9H2,1-2H3,(H,16,19). The normalized spacial score (nSPS) is 12.8. The van der Waals surface area contributed by atoms with E-state index in [4.69, 9.17) is 0 Å². The molecular formula is C15H20N2O2S2. The van der Waals surface area contributed by atoms with Gasteiger partial charge in [0.05, 0.1) is 22.1 Å². The van der Waals surface area contributed by atoms with Gasteiger partial charge in [0, 0.05) is 6.54 Å². The fraction of sp³-hybridized carbons (Fsp3) is 0.467. The minimum absolute atomic E-state index is 0.0183. The van der Waals surface area contributed by atoms with Crippen molar-refractivity contribution in [2.45, 2.75) is 30.7 Å². The Hall–Kier alpha value is -1.11. The second-order valence-corrected chi connectivity index (χ2v) is 7.44. The Morgan fingerprint density at radius 3 is 2.90 bits per heavy atom. The minimum atomic E-state index is -0.359. The van der Waals surface area contributed by atoms with Crippen LogP contribution >= 0.6 is 23.1 Å². The quantitative estimate of drug-likeness (QED) is 0.769. The fourth-order valence-corrected chi connectivity index (χ4v) is 3.68. The fourth-order valence-electron chi connectivity index (χ4n) is 1.78. The Morgan fingerprint density at radius 1 is 1.43 bits per heavy atom. The van der Waals surface area contributed by atoms with E-state index in [2.05, 4.69) is 10.3 Å². The van der Waals surface area contributed by atoms with Crippen molar-refractivity contribution in [3.8, 4) is 0 Å². The number of hydrogen-bond acceptors (Lipinski definition) is 5. The summed E-state index contributed by atoms with van der Waals surface area (Å²) in [6, 6.07) is 7.96. The van der Waals surface area contributed by atoms with Crippen molar-refractivity contribution in [1.82, 2.24) is 10.3 Å². The summed E-state index contributed by atoms with van der Waals surface area (Å²) in [5, 5.41) is 12.5. The molecule has 6 heteroatoms. The van der Waals surface area contributed by atoms with Gasteiger partial charge in [-0.15, -0.1) is 11.3 Å². The molecule has 2 N–H and O–H groups in total. The zero-order chi connectivity index (χ0) is 15.2. The molecule has 0 aliphatic rings. The third-order valence-electron chi connectivity index (χ3n) is 3.13. The van der Waals surface area contributed by atoms with Gasteiger partial charge in [-0.3, -0.25) is 4.79 Å². The van der Waals surface area contributed by atoms with Gasteiger partial charge in [-0.2, -0.15) is 0 Å². The van der Waals surface area contributed by atoms with Gasteiger partial charge in [0.15, 0.2) is 4.34 Å². The first-order chi connectivity index (χ1) is 10.1. The lowest BCUT2D eigenvalue weighted by Gasteiger charge is -2.14. The summed E-state index contributed by atoms with van der Waals surface area (Å²) in [6.07, 6.45) is 0.233. The highest BCUT2D eigenvalue weighted by molar-refractivity contribution is 8.01. The van der Waals surface area contributed by atoms with Crippen molar-refractivity contribution < 1.29 is 9.90 Å². The number of nitrogens with one attached hydrogen (secondary N) is 1. The van der Waals surface area contributed by atoms with Gasteiger partial charge in [-0.05, 0) is 24.5 Å². The Labute approximate surface area is 133 Å². The topological polar surface area (TPSA) is 62.2 Å². The second-order valence-electron chi connectivity index (χ2n) is 5.19. The Balaban J connectivity index is 1.73. The number of fused-ring (bicyclic) bond motifs is 1. The molecule has 4 nitrogen and oxygen atoms in total. The molecule has 1 atom stereocenters. The second kappa shape index (κ2) is 7.77. The number of hydrogen-bond donors (Lipinski definition) is 2. The number of para-hydroxylation sites is 1. The maximum atomic E-state index is 11.7. The van der Waals surface area contributed by atoms with Crippen LogP contribution in [-0.4, -0.2) is 34.4 Å². The molecule has 0 aliphatic carbocycles. The number of thiazole rings is 1. The Bertz CT molecular complexity index is 565. The first kappa shape index (κ1) is 16.3. The molecule has 0 saturated carbocycles. The van der Waals surface area contributed by atoms with Crippen LogP contribution in [0.25, 0.3) is 10.2 Å². The van der Waals surface area contributed by atoms with Crippen LogP contribution in [-0.2, 0) is 4.79 Å². The first-order valence-corrected chi connectivity index (χ1v) is 8.79. The Kier molecular flexibility index (Phi) is 6.02. The van der Waals surface area contributed by atoms with Crippen LogP contribution in [0.3, 0.4) is 0 Å². The van der Waals surface area contributed by atoms with Crippen molar-refractivity contribution in [2.75, 3.05) is 12.3 Å². The molecule has 0 fully saturated rings. The van der Waals surface area contributed by atoms with Crippen LogP contribution in [0.1, 0.15) is 20.3 Å². The van der Waals surface area contributed by atoms with Crippen molar-refractivity contribution in [1.29, 1.82) is 0 Å². The first-order valence-electron chi connectivity index (χ1n) is 6.99. The van der Waals surface area contributed by atoms with Crippen molar-refractivity contribution in [3.05, 3.63) is 24.3 Å². The molecule has 0 radical (unpaired) electrons. The van der Waals surface area contributed by atoms with Crippen LogP contribution in [0.5, 0.6) is 0 Å². The van der Waals surface area contributed by atoms with E-state index in [9.17, 15) is 9.90 Å². The minimum Gasteiger partial charge on any atom is -0.393 e. The van der Waals surface area contributed by atoms with E-state index in [-0.39, 0.29) is 17.9 Å². The molecular weight excluding hydrogens is 304 g/mol. The molecule has 1 aromatic heterocycles. The average Bonchev–Trinajstić information content (AvgIpc) is 2.87. The molecule has 21 heavy (non-hydrogen) atoms. The van der Waals surface area contributed by atoms with Crippen molar-refractivity contribution in [3.63, 3.8) is 0 Å². The number of thioether (sulfide) groups is 1. The maximum absolute atomic E-state index is 11.7. The lowest BCUT2D eigenvalue weighted by molar-refractivity contribution is -0.118. The van der Waals surface area contributed by atoms with E-state index in [1.165, 1.54) is 11.8 Å². The van der Waals surface area contributed by atoms with E-state index in [1.54, 1.807) is 11.3 Å². The third-order valence-corrected chi connectivity index (χ3v) is 5.31. The number of rotatable bonds is 7. The highest BCUT2D eigenvalue weighted by atomic mass is 32.2. The van der Waals surface area contributed by atoms with Crippen LogP contribution in [0.15, 0.2) is 28.6 Å². The zero-order valence-electron chi connectivity index (χ0n) is 12.2. The zero-order valence-corrected chi connectivity index (χ0v) is 13.8. The van der Waals surface area contributed by atoms with Gasteiger partial charge in [-0.1, -0.05) is 37.7 Å². The molecule has 0 bridgehead atoms. The Morgan fingerprint density at radius 2 is 2.19 bits per heavy atom. The van der Waals surface area contributed by atoms with E-state index < -0.39 is 0 Å². The number of carbonyl (C=O) groups is 1. The smallest absolute Gasteiger partial charge is 0.230 e. The van der Waals surface area contributed by atoms with Crippen molar-refractivity contribution >= 4 is 39.2 Å². The van der Waals surface area contributed by atoms with Gasteiger partial charge in [0.25, 0.3) is 0 Å². The summed E-state index contributed by atoms with van der Waals surface area (Å²) in [4.78, 5) is 16.2.